The van der Waals surface area contributed by atoms with Crippen LogP contribution in [0.1, 0.15) is 96.8 Å². The molecule has 0 saturated heterocycles. The van der Waals surface area contributed by atoms with E-state index < -0.39 is 10.1 Å². The maximum absolute atomic E-state index is 14.5. The molecule has 1 amide bonds. The minimum absolute atomic E-state index is 0.00879. The van der Waals surface area contributed by atoms with Crippen molar-refractivity contribution in [3.8, 4) is 17.3 Å². The highest BCUT2D eigenvalue weighted by Gasteiger charge is 2.33. The van der Waals surface area contributed by atoms with Gasteiger partial charge in [0, 0.05) is 34.9 Å². The van der Waals surface area contributed by atoms with Crippen LogP contribution in [0.5, 0.6) is 5.88 Å². The van der Waals surface area contributed by atoms with E-state index in [-0.39, 0.29) is 34.4 Å². The largest absolute Gasteiger partial charge is 0.357 e. The average molecular weight is 655 g/mol. The predicted molar refractivity (Wildman–Crippen MR) is 182 cm³/mol. The monoisotopic (exact) mass is 654 g/mol. The van der Waals surface area contributed by atoms with Gasteiger partial charge in [-0.1, -0.05) is 71.9 Å². The molecule has 0 atom stereocenters. The van der Waals surface area contributed by atoms with E-state index >= 15 is 0 Å². The highest BCUT2D eigenvalue weighted by atomic mass is 32.2. The molecule has 0 bridgehead atoms. The Bertz CT molecular complexity index is 1990. The zero-order chi connectivity index (χ0) is 32.7. The Morgan fingerprint density at radius 2 is 1.54 bits per heavy atom. The van der Waals surface area contributed by atoms with Crippen LogP contribution in [0.4, 0.5) is 0 Å². The van der Waals surface area contributed by atoms with E-state index in [4.69, 9.17) is 14.2 Å². The second-order valence-corrected chi connectivity index (χ2v) is 15.2. The quantitative estimate of drug-likeness (QED) is 0.156. The predicted octanol–water partition coefficient (Wildman–Crippen LogP) is 8.09. The summed E-state index contributed by atoms with van der Waals surface area (Å²) < 4.78 is 35.1. The molecule has 10 heteroatoms. The topological polar surface area (TPSA) is 102 Å². The molecule has 4 heterocycles. The van der Waals surface area contributed by atoms with Gasteiger partial charge in [0.25, 0.3) is 5.91 Å². The number of benzene rings is 2. The Hall–Kier alpha value is -4.15. The zero-order valence-electron chi connectivity index (χ0n) is 26.9. The fourth-order valence-electron chi connectivity index (χ4n) is 5.91. The van der Waals surface area contributed by atoms with Gasteiger partial charge in [0.05, 0.1) is 11.9 Å². The first-order valence-corrected chi connectivity index (χ1v) is 17.9. The Labute approximate surface area is 274 Å². The van der Waals surface area contributed by atoms with Gasteiger partial charge < -0.3 is 9.08 Å². The Morgan fingerprint density at radius 3 is 2.15 bits per heavy atom. The molecule has 0 fully saturated rings. The molecular weight excluding hydrogens is 617 g/mol. The van der Waals surface area contributed by atoms with Crippen LogP contribution in [0, 0.1) is 0 Å². The van der Waals surface area contributed by atoms with Crippen LogP contribution in [-0.4, -0.2) is 40.7 Å². The molecule has 3 aromatic heterocycles. The Kier molecular flexibility index (Phi) is 8.69. The van der Waals surface area contributed by atoms with Crippen LogP contribution in [0.25, 0.3) is 21.6 Å². The summed E-state index contributed by atoms with van der Waals surface area (Å²) in [6.45, 7) is 13.1. The average Bonchev–Trinajstić information content (AvgIpc) is 3.42. The summed E-state index contributed by atoms with van der Waals surface area (Å²) in [6, 6.07) is 16.8. The Balaban J connectivity index is 1.50. The fourth-order valence-corrected chi connectivity index (χ4v) is 8.72. The number of fused-ring (bicyclic) bond motifs is 3. The molecule has 2 aromatic carbocycles. The maximum Gasteiger partial charge on any atom is 0.341 e. The third-order valence-corrected chi connectivity index (χ3v) is 10.9. The van der Waals surface area contributed by atoms with Crippen LogP contribution in [0.2, 0.25) is 0 Å². The van der Waals surface area contributed by atoms with Gasteiger partial charge in [-0.05, 0) is 70.7 Å². The molecule has 0 N–H and O–H groups in total. The van der Waals surface area contributed by atoms with E-state index in [1.165, 1.54) is 11.3 Å². The van der Waals surface area contributed by atoms with Gasteiger partial charge in [0.2, 0.25) is 5.88 Å². The van der Waals surface area contributed by atoms with Crippen LogP contribution in [0.3, 0.4) is 0 Å². The summed E-state index contributed by atoms with van der Waals surface area (Å²) in [7, 11) is -4.32. The molecule has 1 aliphatic heterocycles. The number of hydrogen-bond donors (Lipinski definition) is 0. The van der Waals surface area contributed by atoms with Crippen LogP contribution in [0.15, 0.2) is 71.9 Å². The van der Waals surface area contributed by atoms with Crippen molar-refractivity contribution in [1.29, 1.82) is 0 Å². The molecule has 6 rings (SSSR count). The summed E-state index contributed by atoms with van der Waals surface area (Å²) in [5.74, 6) is 0.448. The number of amides is 1. The van der Waals surface area contributed by atoms with Gasteiger partial charge in [-0.2, -0.15) is 13.4 Å². The number of thiophene rings is 1. The molecule has 46 heavy (non-hydrogen) atoms. The van der Waals surface area contributed by atoms with Crippen molar-refractivity contribution in [3.05, 3.63) is 99.7 Å². The normalized spacial score (nSPS) is 13.5. The standard InChI is InChI=1S/C36H38N4O4S2/c1-21(2)26-18-28(22(3)4)32(29(19-26)23(5)6)46(42,43)44-34-31-27-14-17-40(36(41)25-10-8-7-9-11-25)20-30(27)45-35(31)39-33(38-34)24-12-15-37-16-13-24/h7-13,15-16,18-19,21-23H,14,17,20H2,1-6H3. The van der Waals surface area contributed by atoms with Crippen molar-refractivity contribution in [2.75, 3.05) is 6.54 Å². The van der Waals surface area contributed by atoms with Crippen molar-refractivity contribution >= 4 is 37.6 Å². The summed E-state index contributed by atoms with van der Waals surface area (Å²) in [5.41, 5.74) is 4.81. The number of rotatable bonds is 8. The molecule has 0 saturated carbocycles. The first-order chi connectivity index (χ1) is 21.9. The van der Waals surface area contributed by atoms with Gasteiger partial charge >= 0.3 is 10.1 Å². The summed E-state index contributed by atoms with van der Waals surface area (Å²) >= 11 is 1.45. The molecule has 0 radical (unpaired) electrons. The molecule has 1 aliphatic rings. The smallest absolute Gasteiger partial charge is 0.341 e. The van der Waals surface area contributed by atoms with Gasteiger partial charge in [-0.15, -0.1) is 11.3 Å². The van der Waals surface area contributed by atoms with E-state index in [1.807, 2.05) is 75.1 Å². The van der Waals surface area contributed by atoms with E-state index in [2.05, 4.69) is 18.8 Å². The lowest BCUT2D eigenvalue weighted by atomic mass is 9.89. The maximum atomic E-state index is 14.5. The highest BCUT2D eigenvalue weighted by molar-refractivity contribution is 7.87. The van der Waals surface area contributed by atoms with Crippen molar-refractivity contribution in [2.24, 2.45) is 0 Å². The van der Waals surface area contributed by atoms with Gasteiger partial charge in [0.15, 0.2) is 5.82 Å². The number of aromatic nitrogens is 3. The van der Waals surface area contributed by atoms with E-state index in [0.29, 0.717) is 46.7 Å². The van der Waals surface area contributed by atoms with Gasteiger partial charge in [-0.3, -0.25) is 9.78 Å². The van der Waals surface area contributed by atoms with Crippen molar-refractivity contribution in [3.63, 3.8) is 0 Å². The molecular formula is C36H38N4O4S2. The molecule has 0 spiro atoms. The number of hydrogen-bond acceptors (Lipinski definition) is 8. The first kappa shape index (κ1) is 31.8. The third kappa shape index (κ3) is 6.03. The molecule has 238 valence electrons. The minimum atomic E-state index is -4.32. The zero-order valence-corrected chi connectivity index (χ0v) is 28.6. The van der Waals surface area contributed by atoms with Crippen molar-refractivity contribution in [1.82, 2.24) is 19.9 Å². The number of pyridine rings is 1. The van der Waals surface area contributed by atoms with E-state index in [1.54, 1.807) is 24.5 Å². The summed E-state index contributed by atoms with van der Waals surface area (Å²) in [5, 5.41) is 0.587. The first-order valence-electron chi connectivity index (χ1n) is 15.6. The second kappa shape index (κ2) is 12.6. The number of carbonyl (C=O) groups excluding carboxylic acids is 1. The third-order valence-electron chi connectivity index (χ3n) is 8.43. The summed E-state index contributed by atoms with van der Waals surface area (Å²) in [6.07, 6.45) is 3.82. The van der Waals surface area contributed by atoms with Crippen LogP contribution in [-0.2, 0) is 23.1 Å². The lowest BCUT2D eigenvalue weighted by Crippen LogP contribution is -2.35. The second-order valence-electron chi connectivity index (χ2n) is 12.6. The number of nitrogens with zero attached hydrogens (tertiary/aromatic N) is 4. The minimum Gasteiger partial charge on any atom is -0.357 e. The lowest BCUT2D eigenvalue weighted by Gasteiger charge is -2.27. The van der Waals surface area contributed by atoms with Gasteiger partial charge in [-0.25, -0.2) is 4.98 Å². The fraction of sp³-hybridized carbons (Fsp3) is 0.333. The van der Waals surface area contributed by atoms with E-state index in [9.17, 15) is 13.2 Å². The molecule has 8 nitrogen and oxygen atoms in total. The van der Waals surface area contributed by atoms with E-state index in [0.717, 1.165) is 27.1 Å². The Morgan fingerprint density at radius 1 is 0.891 bits per heavy atom. The van der Waals surface area contributed by atoms with Crippen LogP contribution >= 0.6 is 11.3 Å². The molecule has 5 aromatic rings. The highest BCUT2D eigenvalue weighted by Crippen LogP contribution is 2.42. The number of carbonyl (C=O) groups is 1. The molecule has 0 aliphatic carbocycles. The lowest BCUT2D eigenvalue weighted by molar-refractivity contribution is 0.0737. The van der Waals surface area contributed by atoms with Crippen molar-refractivity contribution in [2.45, 2.75) is 77.2 Å². The van der Waals surface area contributed by atoms with Crippen LogP contribution < -0.4 is 4.18 Å². The van der Waals surface area contributed by atoms with Crippen molar-refractivity contribution < 1.29 is 17.4 Å². The van der Waals surface area contributed by atoms with Gasteiger partial charge in [0.1, 0.15) is 9.73 Å². The summed E-state index contributed by atoms with van der Waals surface area (Å²) in [4.78, 5) is 30.6. The molecule has 0 unspecified atom stereocenters. The SMILES string of the molecule is CC(C)c1cc(C(C)C)c(S(=O)(=O)Oc2nc(-c3ccncc3)nc3sc4c(c23)CCN(C(=O)c2ccccc2)C4)c(C(C)C)c1.